The Kier molecular flexibility index (Phi) is 4.72. The monoisotopic (exact) mass is 368 g/mol. The molecule has 138 valence electrons. The van der Waals surface area contributed by atoms with Gasteiger partial charge < -0.3 is 4.57 Å². The van der Waals surface area contributed by atoms with Gasteiger partial charge in [0.25, 0.3) is 5.91 Å². The van der Waals surface area contributed by atoms with Gasteiger partial charge in [0.2, 0.25) is 0 Å². The van der Waals surface area contributed by atoms with Crippen LogP contribution in [-0.2, 0) is 0 Å². The van der Waals surface area contributed by atoms with Gasteiger partial charge in [0.05, 0.1) is 6.21 Å². The molecule has 0 fully saturated rings. The first-order valence-corrected chi connectivity index (χ1v) is 9.06. The molecule has 1 amide bonds. The first-order valence-electron chi connectivity index (χ1n) is 9.06. The highest BCUT2D eigenvalue weighted by Crippen LogP contribution is 2.19. The van der Waals surface area contributed by atoms with Gasteiger partial charge in [-0.25, -0.2) is 10.4 Å². The van der Waals surface area contributed by atoms with Crippen molar-refractivity contribution in [1.82, 2.24) is 15.0 Å². The van der Waals surface area contributed by atoms with Gasteiger partial charge in [0, 0.05) is 28.7 Å². The van der Waals surface area contributed by atoms with Crippen LogP contribution in [0.4, 0.5) is 0 Å². The minimum atomic E-state index is -0.230. The molecule has 28 heavy (non-hydrogen) atoms. The number of hydrogen-bond donors (Lipinski definition) is 1. The number of amides is 1. The summed E-state index contributed by atoms with van der Waals surface area (Å²) in [5.74, 6) is 0.628. The Morgan fingerprint density at radius 2 is 1.82 bits per heavy atom. The minimum absolute atomic E-state index is 0.230. The lowest BCUT2D eigenvalue weighted by Crippen LogP contribution is -2.18. The molecular formula is C23H20N4O. The third-order valence-electron chi connectivity index (χ3n) is 4.75. The van der Waals surface area contributed by atoms with Gasteiger partial charge in [-0.3, -0.25) is 4.79 Å². The first kappa shape index (κ1) is 17.7. The van der Waals surface area contributed by atoms with Crippen molar-refractivity contribution in [2.75, 3.05) is 0 Å². The zero-order chi connectivity index (χ0) is 19.5. The molecule has 0 radical (unpaired) electrons. The molecule has 0 aliphatic heterocycles. The fraction of sp³-hybridized carbons (Fsp3) is 0.0870. The van der Waals surface area contributed by atoms with Crippen LogP contribution in [0.1, 0.15) is 27.3 Å². The molecule has 5 nitrogen and oxygen atoms in total. The van der Waals surface area contributed by atoms with E-state index in [9.17, 15) is 4.79 Å². The summed E-state index contributed by atoms with van der Waals surface area (Å²) in [6.07, 6.45) is 3.44. The number of pyridine rings is 1. The molecule has 0 saturated carbocycles. The number of fused-ring (bicyclic) bond motifs is 1. The summed E-state index contributed by atoms with van der Waals surface area (Å²) in [7, 11) is 0. The highest BCUT2D eigenvalue weighted by atomic mass is 16.2. The van der Waals surface area contributed by atoms with Gasteiger partial charge in [-0.2, -0.15) is 5.10 Å². The summed E-state index contributed by atoms with van der Waals surface area (Å²) in [4.78, 5) is 17.0. The van der Waals surface area contributed by atoms with E-state index in [0.29, 0.717) is 5.56 Å². The highest BCUT2D eigenvalue weighted by Gasteiger charge is 2.11. The SMILES string of the molecule is Cc1cc(/C=N\NC(=O)c2cccc3ccccc23)c(C)n1-c1ccccn1. The third kappa shape index (κ3) is 3.30. The zero-order valence-corrected chi connectivity index (χ0v) is 15.8. The van der Waals surface area contributed by atoms with Gasteiger partial charge >= 0.3 is 0 Å². The fourth-order valence-corrected chi connectivity index (χ4v) is 3.40. The second-order valence-corrected chi connectivity index (χ2v) is 6.58. The number of benzene rings is 2. The number of aryl methyl sites for hydroxylation is 1. The van der Waals surface area contributed by atoms with Crippen molar-refractivity contribution >= 4 is 22.9 Å². The van der Waals surface area contributed by atoms with Crippen molar-refractivity contribution in [2.45, 2.75) is 13.8 Å². The highest BCUT2D eigenvalue weighted by molar-refractivity contribution is 6.07. The van der Waals surface area contributed by atoms with Gasteiger partial charge in [-0.05, 0) is 48.9 Å². The molecule has 1 N–H and O–H groups in total. The van der Waals surface area contributed by atoms with E-state index >= 15 is 0 Å². The lowest BCUT2D eigenvalue weighted by molar-refractivity contribution is 0.0957. The van der Waals surface area contributed by atoms with Gasteiger partial charge in [0.15, 0.2) is 0 Å². The van der Waals surface area contributed by atoms with Crippen LogP contribution in [0.15, 0.2) is 78.0 Å². The van der Waals surface area contributed by atoms with Crippen LogP contribution in [0.2, 0.25) is 0 Å². The molecule has 0 aliphatic rings. The van der Waals surface area contributed by atoms with Crippen LogP contribution in [0.3, 0.4) is 0 Å². The van der Waals surface area contributed by atoms with E-state index in [1.54, 1.807) is 18.5 Å². The predicted octanol–water partition coefficient (Wildman–Crippen LogP) is 4.41. The summed E-state index contributed by atoms with van der Waals surface area (Å²) < 4.78 is 2.06. The average Bonchev–Trinajstić information content (AvgIpc) is 3.01. The zero-order valence-electron chi connectivity index (χ0n) is 15.8. The molecule has 0 unspecified atom stereocenters. The van der Waals surface area contributed by atoms with Crippen molar-refractivity contribution in [3.63, 3.8) is 0 Å². The Balaban J connectivity index is 1.56. The number of rotatable bonds is 4. The Bertz CT molecular complexity index is 1170. The number of carbonyl (C=O) groups is 1. The molecule has 0 spiro atoms. The van der Waals surface area contributed by atoms with Crippen LogP contribution < -0.4 is 5.43 Å². The number of aromatic nitrogens is 2. The maximum absolute atomic E-state index is 12.6. The van der Waals surface area contributed by atoms with Crippen molar-refractivity contribution < 1.29 is 4.79 Å². The second-order valence-electron chi connectivity index (χ2n) is 6.58. The quantitative estimate of drug-likeness (QED) is 0.428. The Morgan fingerprint density at radius 3 is 2.64 bits per heavy atom. The van der Waals surface area contributed by atoms with Gasteiger partial charge in [-0.1, -0.05) is 42.5 Å². The molecule has 4 aromatic rings. The summed E-state index contributed by atoms with van der Waals surface area (Å²) in [5, 5.41) is 6.11. The summed E-state index contributed by atoms with van der Waals surface area (Å²) in [6, 6.07) is 21.3. The van der Waals surface area contributed by atoms with E-state index < -0.39 is 0 Å². The van der Waals surface area contributed by atoms with E-state index in [2.05, 4.69) is 20.1 Å². The number of nitrogens with zero attached hydrogens (tertiary/aromatic N) is 3. The molecule has 2 aromatic carbocycles. The van der Waals surface area contributed by atoms with Crippen molar-refractivity contribution in [1.29, 1.82) is 0 Å². The van der Waals surface area contributed by atoms with Crippen LogP contribution >= 0.6 is 0 Å². The smallest absolute Gasteiger partial charge is 0.271 e. The second kappa shape index (κ2) is 7.48. The maximum Gasteiger partial charge on any atom is 0.271 e. The van der Waals surface area contributed by atoms with E-state index in [1.807, 2.05) is 74.5 Å². The topological polar surface area (TPSA) is 59.3 Å². The van der Waals surface area contributed by atoms with E-state index in [0.717, 1.165) is 33.5 Å². The molecule has 4 rings (SSSR count). The predicted molar refractivity (Wildman–Crippen MR) is 112 cm³/mol. The molecule has 5 heteroatoms. The Morgan fingerprint density at radius 1 is 1.04 bits per heavy atom. The van der Waals surface area contributed by atoms with Crippen molar-refractivity contribution in [2.24, 2.45) is 5.10 Å². The van der Waals surface area contributed by atoms with E-state index in [4.69, 9.17) is 0 Å². The summed E-state index contributed by atoms with van der Waals surface area (Å²) in [5.41, 5.74) is 6.25. The molecule has 0 aliphatic carbocycles. The van der Waals surface area contributed by atoms with Crippen LogP contribution in [0.5, 0.6) is 0 Å². The summed E-state index contributed by atoms with van der Waals surface area (Å²) >= 11 is 0. The van der Waals surface area contributed by atoms with Crippen molar-refractivity contribution in [3.8, 4) is 5.82 Å². The lowest BCUT2D eigenvalue weighted by Gasteiger charge is -2.07. The number of carbonyl (C=O) groups excluding carboxylic acids is 1. The Labute approximate surface area is 163 Å². The van der Waals surface area contributed by atoms with Crippen molar-refractivity contribution in [3.05, 3.63) is 95.4 Å². The van der Waals surface area contributed by atoms with Crippen LogP contribution in [-0.4, -0.2) is 21.7 Å². The lowest BCUT2D eigenvalue weighted by atomic mass is 10.0. The molecule has 0 saturated heterocycles. The molecule has 0 bridgehead atoms. The average molecular weight is 368 g/mol. The van der Waals surface area contributed by atoms with Crippen LogP contribution in [0, 0.1) is 13.8 Å². The van der Waals surface area contributed by atoms with Gasteiger partial charge in [0.1, 0.15) is 5.82 Å². The third-order valence-corrected chi connectivity index (χ3v) is 4.75. The summed E-state index contributed by atoms with van der Waals surface area (Å²) in [6.45, 7) is 4.03. The maximum atomic E-state index is 12.6. The number of nitrogens with one attached hydrogen (secondary N) is 1. The molecular weight excluding hydrogens is 348 g/mol. The Hall–Kier alpha value is -3.73. The van der Waals surface area contributed by atoms with Crippen LogP contribution in [0.25, 0.3) is 16.6 Å². The number of hydrazone groups is 1. The van der Waals surface area contributed by atoms with E-state index in [1.165, 1.54) is 0 Å². The first-order chi connectivity index (χ1) is 13.6. The molecule has 2 aromatic heterocycles. The standard InChI is InChI=1S/C23H20N4O/c1-16-14-19(17(2)27(16)22-12-5-6-13-24-22)15-25-26-23(28)21-11-7-9-18-8-3-4-10-20(18)21/h3-15H,1-2H3,(H,26,28)/b25-15-. The minimum Gasteiger partial charge on any atom is -0.303 e. The van der Waals surface area contributed by atoms with Gasteiger partial charge in [-0.15, -0.1) is 0 Å². The molecule has 0 atom stereocenters. The molecule has 2 heterocycles. The number of hydrogen-bond acceptors (Lipinski definition) is 3. The normalized spacial score (nSPS) is 11.2. The van der Waals surface area contributed by atoms with E-state index in [-0.39, 0.29) is 5.91 Å². The fourth-order valence-electron chi connectivity index (χ4n) is 3.40. The largest absolute Gasteiger partial charge is 0.303 e.